The minimum absolute atomic E-state index is 0.186. The van der Waals surface area contributed by atoms with Gasteiger partial charge in [0, 0.05) is 0 Å². The lowest BCUT2D eigenvalue weighted by Crippen LogP contribution is -2.30. The van der Waals surface area contributed by atoms with Crippen molar-refractivity contribution in [2.75, 3.05) is 0 Å². The maximum atomic E-state index is 13.3. The zero-order valence-corrected chi connectivity index (χ0v) is 7.96. The van der Waals surface area contributed by atoms with Crippen molar-refractivity contribution >= 4 is 0 Å². The second-order valence-corrected chi connectivity index (χ2v) is 4.01. The Hall–Kier alpha value is -1.36. The van der Waals surface area contributed by atoms with Gasteiger partial charge < -0.3 is 0 Å². The minimum atomic E-state index is -0.276. The number of nitriles is 1. The lowest BCUT2D eigenvalue weighted by atomic mass is 9.66. The Balaban J connectivity index is 2.19. The van der Waals surface area contributed by atoms with Crippen molar-refractivity contribution in [3.8, 4) is 6.07 Å². The van der Waals surface area contributed by atoms with E-state index in [9.17, 15) is 4.39 Å². The molecule has 1 aromatic rings. The molecule has 0 aliphatic heterocycles. The predicted molar refractivity (Wildman–Crippen MR) is 52.0 cm³/mol. The Morgan fingerprint density at radius 2 is 2.07 bits per heavy atom. The van der Waals surface area contributed by atoms with Gasteiger partial charge in [0.15, 0.2) is 0 Å². The van der Waals surface area contributed by atoms with Crippen LogP contribution >= 0.6 is 0 Å². The van der Waals surface area contributed by atoms with E-state index in [-0.39, 0.29) is 11.2 Å². The molecule has 0 spiro atoms. The predicted octanol–water partition coefficient (Wildman–Crippen LogP) is 3.06. The summed E-state index contributed by atoms with van der Waals surface area (Å²) in [6, 6.07) is 9.05. The average Bonchev–Trinajstić information content (AvgIpc) is 2.14. The van der Waals surface area contributed by atoms with E-state index in [0.717, 1.165) is 19.3 Å². The molecule has 1 aliphatic rings. The molecule has 2 heteroatoms. The van der Waals surface area contributed by atoms with E-state index in [1.165, 1.54) is 6.07 Å². The van der Waals surface area contributed by atoms with E-state index >= 15 is 0 Å². The third-order valence-corrected chi connectivity index (χ3v) is 3.03. The molecular weight excluding hydrogens is 177 g/mol. The summed E-state index contributed by atoms with van der Waals surface area (Å²) in [4.78, 5) is 0. The topological polar surface area (TPSA) is 23.8 Å². The van der Waals surface area contributed by atoms with Crippen LogP contribution in [0.1, 0.15) is 24.8 Å². The van der Waals surface area contributed by atoms with Gasteiger partial charge in [0.05, 0.1) is 11.5 Å². The molecule has 72 valence electrons. The monoisotopic (exact) mass is 189 g/mol. The highest BCUT2D eigenvalue weighted by Crippen LogP contribution is 2.43. The lowest BCUT2D eigenvalue weighted by Gasteiger charge is -2.35. The first-order valence-corrected chi connectivity index (χ1v) is 4.90. The smallest absolute Gasteiger partial charge is 0.126 e. The van der Waals surface area contributed by atoms with Gasteiger partial charge in [0.2, 0.25) is 0 Å². The van der Waals surface area contributed by atoms with Crippen molar-refractivity contribution in [3.05, 3.63) is 35.6 Å². The molecule has 0 bridgehead atoms. The lowest BCUT2D eigenvalue weighted by molar-refractivity contribution is 0.212. The van der Waals surface area contributed by atoms with Crippen molar-refractivity contribution in [1.82, 2.24) is 0 Å². The largest absolute Gasteiger partial charge is 0.207 e. The summed E-state index contributed by atoms with van der Waals surface area (Å²) in [5.74, 6) is -0.186. The van der Waals surface area contributed by atoms with Crippen molar-refractivity contribution < 1.29 is 4.39 Å². The Bertz CT molecular complexity index is 374. The first-order valence-electron chi connectivity index (χ1n) is 4.90. The minimum Gasteiger partial charge on any atom is -0.207 e. The molecule has 0 saturated heterocycles. The van der Waals surface area contributed by atoms with Crippen molar-refractivity contribution in [2.24, 2.45) is 5.41 Å². The maximum absolute atomic E-state index is 13.3. The zero-order chi connectivity index (χ0) is 10.0. The number of halogens is 1. The highest BCUT2D eigenvalue weighted by atomic mass is 19.1. The van der Waals surface area contributed by atoms with Gasteiger partial charge in [-0.15, -0.1) is 0 Å². The number of nitrogens with zero attached hydrogens (tertiary/aromatic N) is 1. The molecule has 1 nitrogen and oxygen atoms in total. The van der Waals surface area contributed by atoms with Crippen LogP contribution in [0, 0.1) is 22.6 Å². The Kier molecular flexibility index (Phi) is 2.25. The highest BCUT2D eigenvalue weighted by molar-refractivity contribution is 5.22. The fourth-order valence-corrected chi connectivity index (χ4v) is 1.94. The van der Waals surface area contributed by atoms with Crippen LogP contribution in [0.2, 0.25) is 0 Å². The number of benzene rings is 1. The van der Waals surface area contributed by atoms with Crippen LogP contribution in [0.15, 0.2) is 24.3 Å². The van der Waals surface area contributed by atoms with E-state index in [1.807, 2.05) is 6.07 Å². The summed E-state index contributed by atoms with van der Waals surface area (Å²) in [6.45, 7) is 0. The third-order valence-electron chi connectivity index (χ3n) is 3.03. The van der Waals surface area contributed by atoms with Crippen molar-refractivity contribution in [2.45, 2.75) is 25.7 Å². The maximum Gasteiger partial charge on any atom is 0.126 e. The fourth-order valence-electron chi connectivity index (χ4n) is 1.94. The highest BCUT2D eigenvalue weighted by Gasteiger charge is 2.37. The average molecular weight is 189 g/mol. The number of hydrogen-bond donors (Lipinski definition) is 0. The second-order valence-electron chi connectivity index (χ2n) is 4.01. The molecule has 0 radical (unpaired) electrons. The van der Waals surface area contributed by atoms with Crippen LogP contribution in [-0.4, -0.2) is 0 Å². The van der Waals surface area contributed by atoms with Gasteiger partial charge in [-0.05, 0) is 30.9 Å². The molecule has 14 heavy (non-hydrogen) atoms. The molecule has 0 N–H and O–H groups in total. The van der Waals surface area contributed by atoms with Gasteiger partial charge in [-0.3, -0.25) is 0 Å². The van der Waals surface area contributed by atoms with E-state index in [2.05, 4.69) is 6.07 Å². The van der Waals surface area contributed by atoms with Gasteiger partial charge in [-0.2, -0.15) is 5.26 Å². The van der Waals surface area contributed by atoms with E-state index < -0.39 is 0 Å². The number of rotatable bonds is 2. The summed E-state index contributed by atoms with van der Waals surface area (Å²) in [5.41, 5.74) is 0.399. The van der Waals surface area contributed by atoms with Gasteiger partial charge in [-0.1, -0.05) is 24.6 Å². The quantitative estimate of drug-likeness (QED) is 0.701. The van der Waals surface area contributed by atoms with Gasteiger partial charge >= 0.3 is 0 Å². The van der Waals surface area contributed by atoms with Crippen LogP contribution in [0.5, 0.6) is 0 Å². The van der Waals surface area contributed by atoms with Crippen molar-refractivity contribution in [1.29, 1.82) is 5.26 Å². The molecule has 0 atom stereocenters. The molecule has 2 rings (SSSR count). The molecule has 0 heterocycles. The van der Waals surface area contributed by atoms with E-state index in [4.69, 9.17) is 5.26 Å². The van der Waals surface area contributed by atoms with Crippen LogP contribution < -0.4 is 0 Å². The standard InChI is InChI=1S/C12H12FN/c13-11-5-2-1-4-10(11)8-12(9-14)6-3-7-12/h1-2,4-5H,3,6-8H2. The molecule has 1 aromatic carbocycles. The normalized spacial score (nSPS) is 18.3. The molecule has 0 aromatic heterocycles. The van der Waals surface area contributed by atoms with Gasteiger partial charge in [-0.25, -0.2) is 4.39 Å². The van der Waals surface area contributed by atoms with E-state index in [0.29, 0.717) is 12.0 Å². The number of hydrogen-bond acceptors (Lipinski definition) is 1. The van der Waals surface area contributed by atoms with Crippen LogP contribution in [0.3, 0.4) is 0 Å². The Labute approximate surface area is 83.2 Å². The van der Waals surface area contributed by atoms with Gasteiger partial charge in [0.1, 0.15) is 5.82 Å². The summed E-state index contributed by atoms with van der Waals surface area (Å²) >= 11 is 0. The first-order chi connectivity index (χ1) is 6.76. The Morgan fingerprint density at radius 3 is 2.57 bits per heavy atom. The Morgan fingerprint density at radius 1 is 1.36 bits per heavy atom. The van der Waals surface area contributed by atoms with Gasteiger partial charge in [0.25, 0.3) is 0 Å². The van der Waals surface area contributed by atoms with Crippen LogP contribution in [-0.2, 0) is 6.42 Å². The van der Waals surface area contributed by atoms with Crippen LogP contribution in [0.25, 0.3) is 0 Å². The fraction of sp³-hybridized carbons (Fsp3) is 0.417. The summed E-state index contributed by atoms with van der Waals surface area (Å²) in [5, 5.41) is 9.02. The molecule has 1 saturated carbocycles. The molecule has 1 fully saturated rings. The first kappa shape index (κ1) is 9.21. The van der Waals surface area contributed by atoms with Crippen molar-refractivity contribution in [3.63, 3.8) is 0 Å². The van der Waals surface area contributed by atoms with Crippen LogP contribution in [0.4, 0.5) is 4.39 Å². The molecular formula is C12H12FN. The molecule has 1 aliphatic carbocycles. The molecule has 0 amide bonds. The molecule has 0 unspecified atom stereocenters. The summed E-state index contributed by atoms with van der Waals surface area (Å²) < 4.78 is 13.3. The SMILES string of the molecule is N#CC1(Cc2ccccc2F)CCC1. The summed E-state index contributed by atoms with van der Waals surface area (Å²) in [6.07, 6.45) is 3.49. The third kappa shape index (κ3) is 1.50. The second kappa shape index (κ2) is 3.42. The zero-order valence-electron chi connectivity index (χ0n) is 7.96. The summed E-state index contributed by atoms with van der Waals surface area (Å²) in [7, 11) is 0. The van der Waals surface area contributed by atoms with E-state index in [1.54, 1.807) is 12.1 Å².